The van der Waals surface area contributed by atoms with Crippen LogP contribution >= 0.6 is 11.3 Å². The summed E-state index contributed by atoms with van der Waals surface area (Å²) in [6.07, 6.45) is 0. The Morgan fingerprint density at radius 1 is 1.21 bits per heavy atom. The van der Waals surface area contributed by atoms with Crippen LogP contribution in [0.5, 0.6) is 0 Å². The smallest absolute Gasteiger partial charge is 0.336 e. The van der Waals surface area contributed by atoms with E-state index in [1.807, 2.05) is 47.8 Å². The summed E-state index contributed by atoms with van der Waals surface area (Å²) in [4.78, 5) is 24.0. The zero-order valence-corrected chi connectivity index (χ0v) is 13.9. The predicted octanol–water partition coefficient (Wildman–Crippen LogP) is 2.13. The normalized spacial score (nSPS) is 10.5. The minimum Gasteiger partial charge on any atom is -0.336 e. The average Bonchev–Trinajstić information content (AvgIpc) is 3.19. The second-order valence-corrected chi connectivity index (χ2v) is 6.06. The Morgan fingerprint density at radius 2 is 2.00 bits per heavy atom. The first-order chi connectivity index (χ1) is 11.6. The van der Waals surface area contributed by atoms with Gasteiger partial charge in [-0.2, -0.15) is 0 Å². The summed E-state index contributed by atoms with van der Waals surface area (Å²) in [6.45, 7) is 0.611. The van der Waals surface area contributed by atoms with E-state index in [1.165, 1.54) is 20.6 Å². The molecule has 2 aromatic heterocycles. The van der Waals surface area contributed by atoms with Crippen LogP contribution in [0, 0.1) is 0 Å². The maximum absolute atomic E-state index is 12.2. The van der Waals surface area contributed by atoms with Gasteiger partial charge in [-0.3, -0.25) is 9.88 Å². The largest absolute Gasteiger partial charge is 0.345 e. The summed E-state index contributed by atoms with van der Waals surface area (Å²) in [5.74, 6) is 0.601. The van der Waals surface area contributed by atoms with Gasteiger partial charge in [-0.05, 0) is 17.5 Å². The van der Waals surface area contributed by atoms with Crippen LogP contribution in [-0.4, -0.2) is 26.9 Å². The van der Waals surface area contributed by atoms with Crippen LogP contribution in [0.25, 0.3) is 11.4 Å². The third-order valence-corrected chi connectivity index (χ3v) is 4.23. The monoisotopic (exact) mass is 343 g/mol. The minimum atomic E-state index is -0.301. The van der Waals surface area contributed by atoms with Crippen LogP contribution in [0.4, 0.5) is 9.80 Å². The van der Waals surface area contributed by atoms with Crippen molar-refractivity contribution in [2.45, 2.75) is 6.54 Å². The lowest BCUT2D eigenvalue weighted by atomic mass is 10.2. The van der Waals surface area contributed by atoms with Crippen molar-refractivity contribution in [3.8, 4) is 11.4 Å². The molecule has 0 bridgehead atoms. The van der Waals surface area contributed by atoms with Crippen molar-refractivity contribution in [1.29, 1.82) is 0 Å². The van der Waals surface area contributed by atoms with Crippen LogP contribution < -0.4 is 16.3 Å². The van der Waals surface area contributed by atoms with Gasteiger partial charge in [-0.1, -0.05) is 30.3 Å². The van der Waals surface area contributed by atoms with Crippen LogP contribution in [0.3, 0.4) is 0 Å². The SMILES string of the molecule is Cn1c(-c2ccccc2)nn(CCNC(=O)Nc2cccs2)c1=O. The van der Waals surface area contributed by atoms with E-state index in [4.69, 9.17) is 0 Å². The number of carbonyl (C=O) groups excluding carboxylic acids is 1. The first kappa shape index (κ1) is 16.0. The van der Waals surface area contributed by atoms with Crippen molar-refractivity contribution in [2.75, 3.05) is 11.9 Å². The van der Waals surface area contributed by atoms with Crippen LogP contribution in [0.2, 0.25) is 0 Å². The van der Waals surface area contributed by atoms with Gasteiger partial charge in [-0.15, -0.1) is 16.4 Å². The molecule has 0 saturated carbocycles. The number of aromatic nitrogens is 3. The van der Waals surface area contributed by atoms with E-state index >= 15 is 0 Å². The van der Waals surface area contributed by atoms with Crippen molar-refractivity contribution in [3.63, 3.8) is 0 Å². The maximum Gasteiger partial charge on any atom is 0.345 e. The standard InChI is InChI=1S/C16H17N5O2S/c1-20-14(12-6-3-2-4-7-12)19-21(16(20)23)10-9-17-15(22)18-13-8-5-11-24-13/h2-8,11H,9-10H2,1H3,(H2,17,18,22). The highest BCUT2D eigenvalue weighted by Crippen LogP contribution is 2.14. The molecule has 1 aromatic carbocycles. The highest BCUT2D eigenvalue weighted by Gasteiger charge is 2.11. The molecule has 0 aliphatic heterocycles. The molecule has 0 fully saturated rings. The minimum absolute atomic E-state index is 0.214. The summed E-state index contributed by atoms with van der Waals surface area (Å²) in [5, 5.41) is 12.4. The van der Waals surface area contributed by atoms with Gasteiger partial charge in [0.2, 0.25) is 0 Å². The van der Waals surface area contributed by atoms with Gasteiger partial charge in [0.1, 0.15) is 0 Å². The van der Waals surface area contributed by atoms with E-state index in [9.17, 15) is 9.59 Å². The lowest BCUT2D eigenvalue weighted by molar-refractivity contribution is 0.251. The number of amides is 2. The molecular weight excluding hydrogens is 326 g/mol. The summed E-state index contributed by atoms with van der Waals surface area (Å²) in [5.41, 5.74) is 0.661. The Hall–Kier alpha value is -2.87. The zero-order valence-electron chi connectivity index (χ0n) is 13.1. The Morgan fingerprint density at radius 3 is 2.71 bits per heavy atom. The number of carbonyl (C=O) groups is 1. The third kappa shape index (κ3) is 3.54. The Labute approximate surface area is 142 Å². The fraction of sp³-hybridized carbons (Fsp3) is 0.188. The molecular formula is C16H17N5O2S. The zero-order chi connectivity index (χ0) is 16.9. The van der Waals surface area contributed by atoms with Gasteiger partial charge in [-0.25, -0.2) is 14.3 Å². The molecule has 0 aliphatic rings. The fourth-order valence-electron chi connectivity index (χ4n) is 2.25. The molecule has 24 heavy (non-hydrogen) atoms. The molecule has 7 nitrogen and oxygen atoms in total. The second kappa shape index (κ2) is 7.14. The molecule has 2 N–H and O–H groups in total. The number of urea groups is 1. The predicted molar refractivity (Wildman–Crippen MR) is 94.2 cm³/mol. The number of hydrogen-bond acceptors (Lipinski definition) is 4. The fourth-order valence-corrected chi connectivity index (χ4v) is 2.87. The molecule has 0 atom stereocenters. The Kier molecular flexibility index (Phi) is 4.76. The first-order valence-corrected chi connectivity index (χ1v) is 8.31. The van der Waals surface area contributed by atoms with Crippen molar-refractivity contribution < 1.29 is 4.79 Å². The Bertz CT molecular complexity index is 868. The highest BCUT2D eigenvalue weighted by atomic mass is 32.1. The first-order valence-electron chi connectivity index (χ1n) is 7.43. The van der Waals surface area contributed by atoms with Crippen molar-refractivity contribution in [3.05, 3.63) is 58.3 Å². The molecule has 0 spiro atoms. The molecule has 3 rings (SSSR count). The quantitative estimate of drug-likeness (QED) is 0.745. The van der Waals surface area contributed by atoms with Crippen LogP contribution in [0.15, 0.2) is 52.6 Å². The third-order valence-electron chi connectivity index (χ3n) is 3.44. The average molecular weight is 343 g/mol. The van der Waals surface area contributed by atoms with E-state index < -0.39 is 0 Å². The van der Waals surface area contributed by atoms with Crippen molar-refractivity contribution in [2.24, 2.45) is 7.05 Å². The number of thiophene rings is 1. The van der Waals surface area contributed by atoms with E-state index in [2.05, 4.69) is 15.7 Å². The molecule has 0 saturated heterocycles. The number of hydrogen-bond donors (Lipinski definition) is 2. The number of rotatable bonds is 5. The maximum atomic E-state index is 12.2. The number of benzene rings is 1. The van der Waals surface area contributed by atoms with Gasteiger partial charge in [0.25, 0.3) is 0 Å². The van der Waals surface area contributed by atoms with Crippen LogP contribution in [-0.2, 0) is 13.6 Å². The number of anilines is 1. The molecule has 2 heterocycles. The topological polar surface area (TPSA) is 81.0 Å². The number of nitrogens with zero attached hydrogens (tertiary/aromatic N) is 3. The molecule has 124 valence electrons. The van der Waals surface area contributed by atoms with E-state index in [-0.39, 0.29) is 11.7 Å². The molecule has 0 unspecified atom stereocenters. The molecule has 2 amide bonds. The number of nitrogens with one attached hydrogen (secondary N) is 2. The second-order valence-electron chi connectivity index (χ2n) is 5.11. The highest BCUT2D eigenvalue weighted by molar-refractivity contribution is 7.14. The summed E-state index contributed by atoms with van der Waals surface area (Å²) >= 11 is 1.44. The molecule has 8 heteroatoms. The lowest BCUT2D eigenvalue weighted by Crippen LogP contribution is -2.34. The van der Waals surface area contributed by atoms with E-state index in [1.54, 1.807) is 7.05 Å². The summed E-state index contributed by atoms with van der Waals surface area (Å²) in [6, 6.07) is 12.9. The van der Waals surface area contributed by atoms with Crippen molar-refractivity contribution >= 4 is 22.4 Å². The summed E-state index contributed by atoms with van der Waals surface area (Å²) in [7, 11) is 1.69. The van der Waals surface area contributed by atoms with E-state index in [0.29, 0.717) is 18.9 Å². The molecule has 3 aromatic rings. The van der Waals surface area contributed by atoms with Crippen molar-refractivity contribution in [1.82, 2.24) is 19.7 Å². The molecule has 0 radical (unpaired) electrons. The van der Waals surface area contributed by atoms with Gasteiger partial charge in [0, 0.05) is 19.2 Å². The van der Waals surface area contributed by atoms with Gasteiger partial charge in [0.05, 0.1) is 11.5 Å². The van der Waals surface area contributed by atoms with Gasteiger partial charge >= 0.3 is 11.7 Å². The summed E-state index contributed by atoms with van der Waals surface area (Å²) < 4.78 is 2.86. The van der Waals surface area contributed by atoms with Crippen LogP contribution in [0.1, 0.15) is 0 Å². The Balaban J connectivity index is 1.62. The van der Waals surface area contributed by atoms with E-state index in [0.717, 1.165) is 10.6 Å². The molecule has 0 aliphatic carbocycles. The van der Waals surface area contributed by atoms with Gasteiger partial charge in [0.15, 0.2) is 5.82 Å². The van der Waals surface area contributed by atoms with Gasteiger partial charge < -0.3 is 5.32 Å². The lowest BCUT2D eigenvalue weighted by Gasteiger charge is -2.05.